The van der Waals surface area contributed by atoms with Crippen molar-refractivity contribution in [2.24, 2.45) is 17.8 Å². The number of fused-ring (bicyclic) bond motifs is 2. The highest BCUT2D eigenvalue weighted by Crippen LogP contribution is 2.43. The van der Waals surface area contributed by atoms with E-state index in [9.17, 15) is 29.1 Å². The Hall–Kier alpha value is -4.55. The van der Waals surface area contributed by atoms with Gasteiger partial charge < -0.3 is 71.4 Å². The van der Waals surface area contributed by atoms with E-state index in [0.29, 0.717) is 30.4 Å². The topological polar surface area (TPSA) is 228 Å². The van der Waals surface area contributed by atoms with Gasteiger partial charge in [0.1, 0.15) is 17.8 Å². The van der Waals surface area contributed by atoms with E-state index >= 15 is 0 Å². The van der Waals surface area contributed by atoms with Crippen LogP contribution in [0.2, 0.25) is 0 Å². The number of carbonyl (C=O) groups is 4. The number of hydrogen-bond acceptors (Lipinski definition) is 20. The van der Waals surface area contributed by atoms with Gasteiger partial charge >= 0.3 is 24.1 Å². The molecule has 1 aromatic heterocycles. The largest absolute Gasteiger partial charge is 0.509 e. The molecule has 6 rings (SSSR count). The van der Waals surface area contributed by atoms with Gasteiger partial charge in [0, 0.05) is 57.1 Å². The van der Waals surface area contributed by atoms with Crippen LogP contribution in [0.15, 0.2) is 35.3 Å². The molecule has 0 spiro atoms. The van der Waals surface area contributed by atoms with Gasteiger partial charge in [-0.25, -0.2) is 9.59 Å². The number of pyridine rings is 1. The average molecular weight is 1140 g/mol. The predicted octanol–water partition coefficient (Wildman–Crippen LogP) is 6.92. The maximum Gasteiger partial charge on any atom is 0.509 e. The second kappa shape index (κ2) is 27.9. The summed E-state index contributed by atoms with van der Waals surface area (Å²) < 4.78 is 77.1. The number of hydrogen-bond donors (Lipinski definition) is 1. The van der Waals surface area contributed by atoms with E-state index in [-0.39, 0.29) is 74.7 Å². The Balaban J connectivity index is 1.24. The van der Waals surface area contributed by atoms with Gasteiger partial charge in [-0.3, -0.25) is 19.3 Å². The van der Waals surface area contributed by atoms with E-state index in [0.717, 1.165) is 5.56 Å². The molecule has 81 heavy (non-hydrogen) atoms. The Morgan fingerprint density at radius 1 is 0.926 bits per heavy atom. The molecular weight excluding hydrogens is 1050 g/mol. The van der Waals surface area contributed by atoms with Crippen molar-refractivity contribution in [3.63, 3.8) is 0 Å². The first kappa shape index (κ1) is 65.6. The van der Waals surface area contributed by atoms with E-state index < -0.39 is 114 Å². The summed E-state index contributed by atoms with van der Waals surface area (Å²) in [5.41, 5.74) is -2.91. The Morgan fingerprint density at radius 2 is 1.64 bits per heavy atom. The lowest BCUT2D eigenvalue weighted by atomic mass is 9.77. The molecule has 2 aromatic rings. The Labute approximate surface area is 478 Å². The van der Waals surface area contributed by atoms with Gasteiger partial charge in [-0.05, 0) is 126 Å². The maximum atomic E-state index is 14.9. The van der Waals surface area contributed by atoms with Crippen LogP contribution in [0.5, 0.6) is 0 Å². The van der Waals surface area contributed by atoms with Gasteiger partial charge in [-0.1, -0.05) is 39.0 Å². The zero-order valence-corrected chi connectivity index (χ0v) is 50.9. The lowest BCUT2D eigenvalue weighted by Crippen LogP contribution is -2.61. The van der Waals surface area contributed by atoms with E-state index in [2.05, 4.69) is 0 Å². The summed E-state index contributed by atoms with van der Waals surface area (Å²) in [7, 11) is 7.30. The molecule has 4 fully saturated rings. The summed E-state index contributed by atoms with van der Waals surface area (Å²) in [6.07, 6.45) is -2.94. The molecule has 0 saturated carbocycles. The van der Waals surface area contributed by atoms with Crippen LogP contribution in [-0.4, -0.2) is 195 Å². The molecule has 0 amide bonds. The number of carbonyl (C=O) groups excluding carboxylic acids is 4. The summed E-state index contributed by atoms with van der Waals surface area (Å²) in [5.74, 6) is -3.89. The fraction of sp³-hybridized carbons (Fsp3) is 0.750. The standard InChI is InChI=1S/C60H93N3O18/c1-18-46-60(13)52(80-57(68)81-60)38(8)62(16)32-34(4)30-58(11,69)51(79-56-50(76-40(10)64)45(61(14)15)28-35(5)74-56)36(6)49(37(7)54(66)77-46)78-47-31-59(12,70-17)53(39(9)75-47)73-27-26-71-25-21-22-41-23-24-44-42(29-41)48(65)43(33-63(44)19-2)55(67)72-20-3/h21-24,29,33-39,45-47,49-53,56,69H,18-20,25-28,30-32H2,1-17H3/b22-21+/t34-,35-,36+,37-,38-,39+,45+,46-,47+,49+,50-,51-,52?,53+,56+,58-,59-,60-/m1/s1. The Morgan fingerprint density at radius 3 is 2.28 bits per heavy atom. The van der Waals surface area contributed by atoms with Gasteiger partial charge in [0.2, 0.25) is 5.43 Å². The van der Waals surface area contributed by atoms with Crippen LogP contribution < -0.4 is 5.43 Å². The second-order valence-electron chi connectivity index (χ2n) is 23.6. The molecule has 456 valence electrons. The number of aromatic nitrogens is 1. The Kier molecular flexibility index (Phi) is 22.6. The summed E-state index contributed by atoms with van der Waals surface area (Å²) in [4.78, 5) is 70.6. The van der Waals surface area contributed by atoms with Gasteiger partial charge in [-0.2, -0.15) is 0 Å². The van der Waals surface area contributed by atoms with Gasteiger partial charge in [-0.15, -0.1) is 0 Å². The normalized spacial score (nSPS) is 36.6. The van der Waals surface area contributed by atoms with Crippen molar-refractivity contribution in [2.45, 2.75) is 213 Å². The number of aliphatic hydroxyl groups is 1. The molecule has 4 saturated heterocycles. The van der Waals surface area contributed by atoms with E-state index in [4.69, 9.17) is 56.8 Å². The first-order valence-electron chi connectivity index (χ1n) is 28.9. The molecule has 21 heteroatoms. The minimum absolute atomic E-state index is 0.0112. The maximum absolute atomic E-state index is 14.9. The van der Waals surface area contributed by atoms with Gasteiger partial charge in [0.05, 0.1) is 79.5 Å². The number of methoxy groups -OCH3 is 1. The molecule has 0 radical (unpaired) electrons. The van der Waals surface area contributed by atoms with Gasteiger partial charge in [0.15, 0.2) is 30.4 Å². The zero-order chi connectivity index (χ0) is 59.9. The highest BCUT2D eigenvalue weighted by Gasteiger charge is 2.58. The van der Waals surface area contributed by atoms with E-state index in [1.807, 2.05) is 115 Å². The molecule has 5 heterocycles. The SMILES string of the molecule is CCOC(=O)c1cn(CC)c2ccc(/C=C/COCCO[C@H]3[C@H](C)O[C@@H](O[C@H]4[C@H](C)[C@@H](O[C@@H]5O[C@H](C)C[C@H](N(C)C)[C@H]5OC(C)=O)[C@](C)(O)C[C@@H](C)CN(C)[C@H](C)C5OC(=O)O[C@]5(C)[C@@H](CC)OC(=O)[C@@H]4C)C[C@@]3(C)OC)cc2c1=O. The number of nitrogens with zero attached hydrogens (tertiary/aromatic N) is 3. The van der Waals surface area contributed by atoms with Crippen molar-refractivity contribution >= 4 is 41.0 Å². The number of rotatable bonds is 18. The molecular formula is C60H93N3O18. The molecule has 4 aliphatic rings. The van der Waals surface area contributed by atoms with Crippen molar-refractivity contribution in [3.8, 4) is 0 Å². The molecule has 0 bridgehead atoms. The lowest BCUT2D eigenvalue weighted by molar-refractivity contribution is -0.321. The highest BCUT2D eigenvalue weighted by molar-refractivity contribution is 5.94. The smallest absolute Gasteiger partial charge is 0.462 e. The molecule has 1 unspecified atom stereocenters. The quantitative estimate of drug-likeness (QED) is 0.0907. The van der Waals surface area contributed by atoms with Crippen molar-refractivity contribution in [2.75, 3.05) is 61.2 Å². The van der Waals surface area contributed by atoms with E-state index in [1.165, 1.54) is 6.92 Å². The van der Waals surface area contributed by atoms with Crippen LogP contribution in [0.1, 0.15) is 132 Å². The summed E-state index contributed by atoms with van der Waals surface area (Å²) >= 11 is 0. The summed E-state index contributed by atoms with van der Waals surface area (Å²) in [5, 5.41) is 13.4. The van der Waals surface area contributed by atoms with Crippen LogP contribution >= 0.6 is 0 Å². The van der Waals surface area contributed by atoms with Gasteiger partial charge in [0.25, 0.3) is 0 Å². The third-order valence-electron chi connectivity index (χ3n) is 16.9. The monoisotopic (exact) mass is 1140 g/mol. The van der Waals surface area contributed by atoms with Crippen LogP contribution in [0.3, 0.4) is 0 Å². The fourth-order valence-corrected chi connectivity index (χ4v) is 12.7. The molecule has 4 aliphatic heterocycles. The van der Waals surface area contributed by atoms with Crippen molar-refractivity contribution in [1.82, 2.24) is 14.4 Å². The molecule has 21 nitrogen and oxygen atoms in total. The minimum Gasteiger partial charge on any atom is -0.462 e. The van der Waals surface area contributed by atoms with Crippen molar-refractivity contribution < 1.29 is 81.1 Å². The highest BCUT2D eigenvalue weighted by atomic mass is 16.8. The van der Waals surface area contributed by atoms with Crippen LogP contribution in [0.4, 0.5) is 4.79 Å². The number of esters is 3. The average Bonchev–Trinajstić information content (AvgIpc) is 3.90. The van der Waals surface area contributed by atoms with Crippen molar-refractivity contribution in [1.29, 1.82) is 0 Å². The summed E-state index contributed by atoms with van der Waals surface area (Å²) in [6, 6.07) is 4.81. The fourth-order valence-electron chi connectivity index (χ4n) is 12.7. The van der Waals surface area contributed by atoms with Crippen LogP contribution in [0.25, 0.3) is 17.0 Å². The Bertz CT molecular complexity index is 2560. The third kappa shape index (κ3) is 15.2. The molecule has 1 N–H and O–H groups in total. The van der Waals surface area contributed by atoms with E-state index in [1.54, 1.807) is 47.1 Å². The van der Waals surface area contributed by atoms with Crippen molar-refractivity contribution in [3.05, 3.63) is 51.8 Å². The number of cyclic esters (lactones) is 1. The minimum atomic E-state index is -1.64. The first-order chi connectivity index (χ1) is 38.1. The second-order valence-corrected chi connectivity index (χ2v) is 23.6. The van der Waals surface area contributed by atoms with Crippen LogP contribution in [-0.2, 0) is 73.0 Å². The molecule has 0 aliphatic carbocycles. The summed E-state index contributed by atoms with van der Waals surface area (Å²) in [6.45, 7) is 25.3. The third-order valence-corrected chi connectivity index (χ3v) is 16.9. The number of ether oxygens (including phenoxy) is 12. The predicted molar refractivity (Wildman–Crippen MR) is 300 cm³/mol. The number of aryl methyl sites for hydroxylation is 1. The van der Waals surface area contributed by atoms with Crippen LogP contribution in [0, 0.1) is 17.8 Å². The number of likely N-dealkylation sites (N-methyl/N-ethyl adjacent to an activating group) is 2. The molecule has 18 atom stereocenters. The molecule has 1 aromatic carbocycles. The number of benzene rings is 1. The zero-order valence-electron chi connectivity index (χ0n) is 50.9. The first-order valence-corrected chi connectivity index (χ1v) is 28.9. The lowest BCUT2D eigenvalue weighted by Gasteiger charge is -2.49.